The second-order valence-corrected chi connectivity index (χ2v) is 43.0. The third-order valence-electron chi connectivity index (χ3n) is 24.4. The molecule has 0 aromatic heterocycles. The average Bonchev–Trinajstić information content (AvgIpc) is 1.65. The molecule has 31 heteroatoms. The number of ketones is 1. The first-order valence-corrected chi connectivity index (χ1v) is 58.3. The molecule has 0 radical (unpaired) electrons. The van der Waals surface area contributed by atoms with Gasteiger partial charge >= 0.3 is 59.1 Å². The number of carbonyl (C=O) groups is 1. The van der Waals surface area contributed by atoms with Gasteiger partial charge in [-0.2, -0.15) is 8.42 Å². The summed E-state index contributed by atoms with van der Waals surface area (Å²) in [7, 11) is -10.3. The van der Waals surface area contributed by atoms with Gasteiger partial charge in [-0.1, -0.05) is 356 Å². The van der Waals surface area contributed by atoms with Crippen LogP contribution in [0.25, 0.3) is 0 Å². The zero-order valence-corrected chi connectivity index (χ0v) is 94.9. The summed E-state index contributed by atoms with van der Waals surface area (Å²) in [6, 6.07) is 0. The van der Waals surface area contributed by atoms with E-state index in [0.29, 0.717) is 97.5 Å². The van der Waals surface area contributed by atoms with E-state index in [1.165, 1.54) is 321 Å². The second-order valence-electron chi connectivity index (χ2n) is 38.2. The summed E-state index contributed by atoms with van der Waals surface area (Å²) in [4.78, 5) is 10.7. The average molecular weight is 2000 g/mol. The summed E-state index contributed by atoms with van der Waals surface area (Å²) in [5, 5.41) is 49.4. The van der Waals surface area contributed by atoms with Gasteiger partial charge in [-0.15, -0.1) is 0 Å². The topological polar surface area (TPSA) is 389 Å². The van der Waals surface area contributed by atoms with Gasteiger partial charge in [-0.25, -0.2) is 16.8 Å². The van der Waals surface area contributed by atoms with E-state index >= 15 is 0 Å². The van der Waals surface area contributed by atoms with Crippen LogP contribution >= 0.6 is 0 Å². The van der Waals surface area contributed by atoms with Crippen molar-refractivity contribution in [2.24, 2.45) is 0 Å². The molecule has 26 nitrogen and oxygen atoms in total. The minimum atomic E-state index is -4.12. The minimum Gasteiger partial charge on any atom is -0.748 e. The van der Waals surface area contributed by atoms with Gasteiger partial charge in [0.05, 0.1) is 98.7 Å². The van der Waals surface area contributed by atoms with Crippen molar-refractivity contribution in [3.8, 4) is 0 Å². The Morgan fingerprint density at radius 1 is 0.388 bits per heavy atom. The molecule has 4 atom stereocenters. The minimum absolute atomic E-state index is 0. The van der Waals surface area contributed by atoms with Crippen molar-refractivity contribution in [1.29, 1.82) is 0 Å². The molecule has 0 saturated carbocycles. The maximum absolute atomic E-state index is 10.7. The van der Waals surface area contributed by atoms with Crippen LogP contribution in [0.5, 0.6) is 0 Å². The molecule has 796 valence electrons. The maximum Gasteiger partial charge on any atom is 1.00 e. The second kappa shape index (κ2) is 99.7. The van der Waals surface area contributed by atoms with E-state index in [1.54, 1.807) is 6.92 Å². The standard InChI is InChI=1S/2C22H44O6S.2C18H36O3.C15H30O.C4H8O3S.C3H8O3.CH4O.2Na/c1-3-4-5-6-7-8-9-10-11-12-13-16-22(2)27-19-21(20-28-22)26-17-14-15-18-29(23,24)25;1-3-4-5-6-7-8-9-10-11-12-13-16-22(2)27-20-21(28-22)19-26-17-14-15-18-29(23,24)25;1-3-4-5-6-7-8-9-10-11-12-13-14-18(2)20-15-17(19)16-21-18;1-3-4-5-6-7-8-9-10-11-12-13-14-18(2)20-16-17(15-19)21-18;1-3-4-5-6-7-8-9-10-11-12-13-14-15(2)16;5-8(6)4-2-1-3-7-8;4-1-3(6)2-5;1-2;;/h2*21H,3-20H2,1-2H3,(H,23,24,25);2*17,19H,3-16H2,1-2H3;3-14H2,1-2H3;1-4H2;3-6H,1-2H2;2H,1H3;;/q;;;;;;;;2*+1/p-2. The number of hydrogen-bond donors (Lipinski definition) is 6. The smallest absolute Gasteiger partial charge is 0.748 e. The zero-order chi connectivity index (χ0) is 98.7. The summed E-state index contributed by atoms with van der Waals surface area (Å²) < 4.78 is 146. The molecule has 0 aromatic rings. The van der Waals surface area contributed by atoms with E-state index < -0.39 is 65.7 Å². The van der Waals surface area contributed by atoms with Crippen LogP contribution in [-0.2, 0) is 86.7 Å². The molecule has 5 fully saturated rings. The van der Waals surface area contributed by atoms with Gasteiger partial charge in [-0.05, 0) is 105 Å². The van der Waals surface area contributed by atoms with Gasteiger partial charge in [0.2, 0.25) is 0 Å². The maximum atomic E-state index is 10.7. The molecule has 0 spiro atoms. The Kier molecular flexibility index (Phi) is 107. The number of carbonyl (C=O) groups excluding carboxylic acids is 1. The Morgan fingerprint density at radius 2 is 0.664 bits per heavy atom. The third kappa shape index (κ3) is 101. The Morgan fingerprint density at radius 3 is 0.925 bits per heavy atom. The molecule has 0 bridgehead atoms. The van der Waals surface area contributed by atoms with Crippen LogP contribution in [0.15, 0.2) is 0 Å². The summed E-state index contributed by atoms with van der Waals surface area (Å²) in [6.07, 6.45) is 80.0. The van der Waals surface area contributed by atoms with Crippen LogP contribution in [0.4, 0.5) is 0 Å². The van der Waals surface area contributed by atoms with Crippen LogP contribution in [0, 0.1) is 0 Å². The van der Waals surface area contributed by atoms with E-state index in [1.807, 2.05) is 27.7 Å². The third-order valence-corrected chi connectivity index (χ3v) is 27.3. The van der Waals surface area contributed by atoms with Crippen molar-refractivity contribution >= 4 is 36.1 Å². The summed E-state index contributed by atoms with van der Waals surface area (Å²) in [5.41, 5.74) is 0. The van der Waals surface area contributed by atoms with Gasteiger partial charge in [0.1, 0.15) is 36.3 Å². The molecule has 4 unspecified atom stereocenters. The fourth-order valence-electron chi connectivity index (χ4n) is 16.0. The zero-order valence-electron chi connectivity index (χ0n) is 88.4. The number of ether oxygens (including phenoxy) is 10. The summed E-state index contributed by atoms with van der Waals surface area (Å²) in [5.74, 6) is -2.05. The molecule has 6 N–H and O–H groups in total. The Balaban J connectivity index is -0.000000499. The Hall–Kier alpha value is 0.760. The SMILES string of the molecule is CCCCCCCCCCCCCC(C)=O.CCCCCCCCCCCCCC1(C)OCC(CO)O1.CCCCCCCCCCCCCC1(C)OCC(COCCCCS(=O)(=O)[O-])O1.CCCCCCCCCCCCCC1(C)OCC(O)CO1.CCCCCCCCCCCCCC1(C)OCC(OCCCCS(=O)(=O)[O-])CO1.CO.O=S1(=O)CCCCO1.OCC(O)CO.[Na+].[Na+]. The van der Waals surface area contributed by atoms with Crippen molar-refractivity contribution in [2.75, 3.05) is 110 Å². The van der Waals surface area contributed by atoms with E-state index in [4.69, 9.17) is 72.9 Å². The van der Waals surface area contributed by atoms with E-state index in [-0.39, 0.29) is 115 Å². The van der Waals surface area contributed by atoms with Gasteiger partial charge in [0, 0.05) is 63.9 Å². The molecular weight excluding hydrogens is 1800 g/mol. The molecule has 0 aliphatic carbocycles. The van der Waals surface area contributed by atoms with Crippen LogP contribution < -0.4 is 59.1 Å². The Labute approximate surface area is 866 Å². The molecule has 5 aliphatic heterocycles. The first kappa shape index (κ1) is 143. The van der Waals surface area contributed by atoms with Gasteiger partial charge in [-0.3, -0.25) is 4.18 Å². The predicted octanol–water partition coefficient (Wildman–Crippen LogP) is 17.3. The number of Topliss-reactive ketones (excluding diaryl/α,β-unsaturated/α-hetero) is 1. The normalized spacial score (nSPS) is 21.3. The number of hydrogen-bond acceptors (Lipinski definition) is 26. The first-order chi connectivity index (χ1) is 63.3. The van der Waals surface area contributed by atoms with Crippen molar-refractivity contribution in [3.63, 3.8) is 0 Å². The number of aliphatic hydroxyl groups is 6. The molecule has 5 aliphatic rings. The van der Waals surface area contributed by atoms with Crippen molar-refractivity contribution in [2.45, 2.75) is 547 Å². The van der Waals surface area contributed by atoms with E-state index in [9.17, 15) is 44.3 Å². The molecule has 0 aromatic carbocycles. The van der Waals surface area contributed by atoms with E-state index in [0.717, 1.165) is 84.2 Å². The van der Waals surface area contributed by atoms with Crippen LogP contribution in [0.3, 0.4) is 0 Å². The van der Waals surface area contributed by atoms with Crippen LogP contribution in [-0.4, -0.2) is 235 Å². The van der Waals surface area contributed by atoms with Gasteiger partial charge < -0.3 is 91.9 Å². The summed E-state index contributed by atoms with van der Waals surface area (Å²) >= 11 is 0. The molecule has 5 saturated heterocycles. The Bertz CT molecular complexity index is 2710. The molecular formula is C103H208Na2O26S3. The van der Waals surface area contributed by atoms with Gasteiger partial charge in [0.15, 0.2) is 23.1 Å². The molecule has 5 rings (SSSR count). The predicted molar refractivity (Wildman–Crippen MR) is 534 cm³/mol. The fourth-order valence-corrected chi connectivity index (χ4v) is 18.1. The molecule has 5 heterocycles. The van der Waals surface area contributed by atoms with Crippen molar-refractivity contribution in [1.82, 2.24) is 0 Å². The largest absolute Gasteiger partial charge is 1.00 e. The first-order valence-electron chi connectivity index (χ1n) is 53.6. The van der Waals surface area contributed by atoms with Crippen molar-refractivity contribution < 1.29 is 180 Å². The number of unbranched alkanes of at least 4 members (excludes halogenated alkanes) is 52. The fraction of sp³-hybridized carbons (Fsp3) is 0.990. The van der Waals surface area contributed by atoms with Gasteiger partial charge in [0.25, 0.3) is 10.1 Å². The van der Waals surface area contributed by atoms with Crippen LogP contribution in [0.2, 0.25) is 0 Å². The summed E-state index contributed by atoms with van der Waals surface area (Å²) in [6.45, 7) is 24.9. The number of aliphatic hydroxyl groups excluding tert-OH is 6. The molecule has 0 amide bonds. The monoisotopic (exact) mass is 2000 g/mol. The van der Waals surface area contributed by atoms with E-state index in [2.05, 4.69) is 38.8 Å². The van der Waals surface area contributed by atoms with Crippen molar-refractivity contribution in [3.05, 3.63) is 0 Å². The quantitative estimate of drug-likeness (QED) is 0.0143. The van der Waals surface area contributed by atoms with Crippen LogP contribution in [0.1, 0.15) is 493 Å². The molecule has 134 heavy (non-hydrogen) atoms. The number of rotatable bonds is 76.